The van der Waals surface area contributed by atoms with Crippen molar-refractivity contribution in [3.63, 3.8) is 0 Å². The number of nitrogens with zero attached hydrogens (tertiary/aromatic N) is 3. The minimum atomic E-state index is 0. The third-order valence-electron chi connectivity index (χ3n) is 5.87. The first-order valence-electron chi connectivity index (χ1n) is 9.06. The van der Waals surface area contributed by atoms with E-state index in [9.17, 15) is 4.79 Å². The fraction of sp³-hybridized carbons (Fsp3) is 0.778. The molecule has 1 amide bonds. The van der Waals surface area contributed by atoms with Crippen LogP contribution in [0.25, 0.3) is 0 Å². The second kappa shape index (κ2) is 7.87. The van der Waals surface area contributed by atoms with Crippen molar-refractivity contribution in [3.05, 3.63) is 17.0 Å². The van der Waals surface area contributed by atoms with Crippen LogP contribution in [-0.2, 0) is 17.8 Å². The normalized spacial score (nSPS) is 20.3. The van der Waals surface area contributed by atoms with E-state index in [1.54, 1.807) is 0 Å². The average molecular weight is 355 g/mol. The number of carbonyl (C=O) groups excluding carboxylic acids is 1. The molecule has 2 saturated heterocycles. The van der Waals surface area contributed by atoms with E-state index >= 15 is 0 Å². The molecule has 3 heterocycles. The molecule has 1 spiro atoms. The molecule has 24 heavy (non-hydrogen) atoms. The molecule has 0 atom stereocenters. The molecule has 0 radical (unpaired) electrons. The van der Waals surface area contributed by atoms with Crippen molar-refractivity contribution in [3.8, 4) is 0 Å². The Morgan fingerprint density at radius 2 is 1.92 bits per heavy atom. The monoisotopic (exact) mass is 354 g/mol. The van der Waals surface area contributed by atoms with E-state index in [0.29, 0.717) is 11.3 Å². The van der Waals surface area contributed by atoms with Crippen LogP contribution in [0.2, 0.25) is 0 Å². The molecule has 0 saturated carbocycles. The summed E-state index contributed by atoms with van der Waals surface area (Å²) in [6, 6.07) is 0. The number of aryl methyl sites for hydroxylation is 2. The molecule has 5 nitrogen and oxygen atoms in total. The first kappa shape index (κ1) is 19.3. The lowest BCUT2D eigenvalue weighted by atomic mass is 9.72. The standard InChI is InChI=1S/C18H30N4O.ClH/c1-4-22-15(3)16(14(2)20-22)6-12-21-13-18(7-5-17(21)23)8-10-19-11-9-18;/h19H,4-13H2,1-3H3;1H. The smallest absolute Gasteiger partial charge is 0.222 e. The van der Waals surface area contributed by atoms with Crippen LogP contribution >= 0.6 is 12.4 Å². The van der Waals surface area contributed by atoms with Gasteiger partial charge in [0.15, 0.2) is 0 Å². The zero-order valence-electron chi connectivity index (χ0n) is 15.2. The van der Waals surface area contributed by atoms with Gasteiger partial charge in [0.1, 0.15) is 0 Å². The van der Waals surface area contributed by atoms with Crippen molar-refractivity contribution in [2.75, 3.05) is 26.2 Å². The topological polar surface area (TPSA) is 50.2 Å². The lowest BCUT2D eigenvalue weighted by Crippen LogP contribution is -2.51. The van der Waals surface area contributed by atoms with Crippen LogP contribution in [-0.4, -0.2) is 46.8 Å². The van der Waals surface area contributed by atoms with E-state index in [-0.39, 0.29) is 12.4 Å². The zero-order chi connectivity index (χ0) is 16.4. The predicted octanol–water partition coefficient (Wildman–Crippen LogP) is 2.48. The van der Waals surface area contributed by atoms with Gasteiger partial charge in [0, 0.05) is 31.7 Å². The molecular weight excluding hydrogens is 324 g/mol. The molecule has 3 rings (SSSR count). The van der Waals surface area contributed by atoms with Gasteiger partial charge >= 0.3 is 0 Å². The van der Waals surface area contributed by atoms with Crippen molar-refractivity contribution in [2.45, 2.75) is 59.4 Å². The van der Waals surface area contributed by atoms with Crippen LogP contribution in [0.3, 0.4) is 0 Å². The maximum Gasteiger partial charge on any atom is 0.222 e. The molecule has 0 unspecified atom stereocenters. The molecule has 2 aliphatic rings. The van der Waals surface area contributed by atoms with Crippen molar-refractivity contribution in [2.24, 2.45) is 5.41 Å². The Kier molecular flexibility index (Phi) is 6.32. The van der Waals surface area contributed by atoms with Crippen molar-refractivity contribution in [1.82, 2.24) is 20.0 Å². The summed E-state index contributed by atoms with van der Waals surface area (Å²) in [4.78, 5) is 14.5. The molecule has 0 aliphatic carbocycles. The molecule has 2 fully saturated rings. The first-order valence-corrected chi connectivity index (χ1v) is 9.06. The number of carbonyl (C=O) groups is 1. The second-order valence-electron chi connectivity index (χ2n) is 7.28. The van der Waals surface area contributed by atoms with Gasteiger partial charge in [0.05, 0.1) is 5.69 Å². The minimum absolute atomic E-state index is 0. The summed E-state index contributed by atoms with van der Waals surface area (Å²) in [5.41, 5.74) is 4.07. The zero-order valence-corrected chi connectivity index (χ0v) is 16.0. The maximum atomic E-state index is 12.4. The number of nitrogens with one attached hydrogen (secondary N) is 1. The third-order valence-corrected chi connectivity index (χ3v) is 5.87. The molecule has 6 heteroatoms. The Morgan fingerprint density at radius 1 is 1.21 bits per heavy atom. The van der Waals surface area contributed by atoms with E-state index in [4.69, 9.17) is 0 Å². The van der Waals surface area contributed by atoms with Crippen LogP contribution in [0.5, 0.6) is 0 Å². The lowest BCUT2D eigenvalue weighted by molar-refractivity contribution is -0.138. The van der Waals surface area contributed by atoms with E-state index in [0.717, 1.165) is 57.7 Å². The summed E-state index contributed by atoms with van der Waals surface area (Å²) >= 11 is 0. The summed E-state index contributed by atoms with van der Waals surface area (Å²) in [5, 5.41) is 8.05. The van der Waals surface area contributed by atoms with Crippen LogP contribution in [0.4, 0.5) is 0 Å². The van der Waals surface area contributed by atoms with Gasteiger partial charge in [-0.3, -0.25) is 9.48 Å². The maximum absolute atomic E-state index is 12.4. The number of piperidine rings is 2. The molecule has 1 aromatic heterocycles. The highest BCUT2D eigenvalue weighted by Crippen LogP contribution is 2.38. The summed E-state index contributed by atoms with van der Waals surface area (Å²) in [7, 11) is 0. The Morgan fingerprint density at radius 3 is 2.54 bits per heavy atom. The molecule has 136 valence electrons. The summed E-state index contributed by atoms with van der Waals surface area (Å²) in [6.45, 7) is 11.3. The Balaban J connectivity index is 0.00000208. The highest BCUT2D eigenvalue weighted by atomic mass is 35.5. The highest BCUT2D eigenvalue weighted by Gasteiger charge is 2.39. The van der Waals surface area contributed by atoms with Gasteiger partial charge in [-0.05, 0) is 70.5 Å². The van der Waals surface area contributed by atoms with Gasteiger partial charge in [-0.2, -0.15) is 5.10 Å². The van der Waals surface area contributed by atoms with Crippen molar-refractivity contribution < 1.29 is 4.79 Å². The number of halogens is 1. The number of aromatic nitrogens is 2. The Hall–Kier alpha value is -1.07. The largest absolute Gasteiger partial charge is 0.342 e. The summed E-state index contributed by atoms with van der Waals surface area (Å²) < 4.78 is 2.07. The Labute approximate surface area is 151 Å². The van der Waals surface area contributed by atoms with Crippen molar-refractivity contribution >= 4 is 18.3 Å². The molecule has 1 aromatic rings. The van der Waals surface area contributed by atoms with Gasteiger partial charge in [0.25, 0.3) is 0 Å². The van der Waals surface area contributed by atoms with Crippen molar-refractivity contribution in [1.29, 1.82) is 0 Å². The number of amides is 1. The quantitative estimate of drug-likeness (QED) is 0.903. The Bertz CT molecular complexity index is 578. The number of hydrogen-bond acceptors (Lipinski definition) is 3. The van der Waals surface area contributed by atoms with Gasteiger partial charge in [0.2, 0.25) is 5.91 Å². The highest BCUT2D eigenvalue weighted by molar-refractivity contribution is 5.85. The summed E-state index contributed by atoms with van der Waals surface area (Å²) in [6.07, 6.45) is 5.16. The van der Waals surface area contributed by atoms with E-state index < -0.39 is 0 Å². The summed E-state index contributed by atoms with van der Waals surface area (Å²) in [5.74, 6) is 0.340. The molecule has 1 N–H and O–H groups in total. The van der Waals surface area contributed by atoms with Crippen LogP contribution in [0.1, 0.15) is 49.6 Å². The molecular formula is C18H31ClN4O. The van der Waals surface area contributed by atoms with E-state index in [1.165, 1.54) is 24.1 Å². The minimum Gasteiger partial charge on any atom is -0.342 e. The molecule has 0 bridgehead atoms. The van der Waals surface area contributed by atoms with E-state index in [2.05, 4.69) is 40.8 Å². The average Bonchev–Trinajstić information content (AvgIpc) is 2.83. The van der Waals surface area contributed by atoms with Crippen LogP contribution < -0.4 is 5.32 Å². The molecule has 0 aromatic carbocycles. The second-order valence-corrected chi connectivity index (χ2v) is 7.28. The predicted molar refractivity (Wildman–Crippen MR) is 98.7 cm³/mol. The SMILES string of the molecule is CCn1nc(C)c(CCN2CC3(CCNCC3)CCC2=O)c1C.Cl. The fourth-order valence-corrected chi connectivity index (χ4v) is 4.32. The first-order chi connectivity index (χ1) is 11.0. The van der Waals surface area contributed by atoms with Gasteiger partial charge < -0.3 is 10.2 Å². The van der Waals surface area contributed by atoms with Gasteiger partial charge in [-0.25, -0.2) is 0 Å². The fourth-order valence-electron chi connectivity index (χ4n) is 4.32. The van der Waals surface area contributed by atoms with Crippen LogP contribution in [0.15, 0.2) is 0 Å². The number of hydrogen-bond donors (Lipinski definition) is 1. The van der Waals surface area contributed by atoms with E-state index in [1.807, 2.05) is 0 Å². The van der Waals surface area contributed by atoms with Gasteiger partial charge in [-0.15, -0.1) is 12.4 Å². The lowest BCUT2D eigenvalue weighted by Gasteiger charge is -2.45. The number of rotatable bonds is 4. The number of likely N-dealkylation sites (tertiary alicyclic amines) is 1. The van der Waals surface area contributed by atoms with Crippen LogP contribution in [0, 0.1) is 19.3 Å². The van der Waals surface area contributed by atoms with Gasteiger partial charge in [-0.1, -0.05) is 0 Å². The third kappa shape index (κ3) is 3.77. The molecule has 2 aliphatic heterocycles.